The number of nitrogens with one attached hydrogen (secondary N) is 2. The van der Waals surface area contributed by atoms with Crippen molar-refractivity contribution in [3.63, 3.8) is 0 Å². The summed E-state index contributed by atoms with van der Waals surface area (Å²) in [5.41, 5.74) is -0.715. The van der Waals surface area contributed by atoms with Crippen molar-refractivity contribution >= 4 is 11.9 Å². The Labute approximate surface area is 109 Å². The molecule has 0 aromatic rings. The molecule has 2 atom stereocenters. The third kappa shape index (κ3) is 3.22. The van der Waals surface area contributed by atoms with Crippen LogP contribution in [0.25, 0.3) is 0 Å². The zero-order valence-electron chi connectivity index (χ0n) is 11.9. The second kappa shape index (κ2) is 6.18. The van der Waals surface area contributed by atoms with Gasteiger partial charge in [0.15, 0.2) is 0 Å². The molecule has 0 aromatic carbocycles. The molecule has 0 radical (unpaired) electrons. The summed E-state index contributed by atoms with van der Waals surface area (Å²) in [6.45, 7) is 10.1. The van der Waals surface area contributed by atoms with Gasteiger partial charge in [0.05, 0.1) is 0 Å². The third-order valence-electron chi connectivity index (χ3n) is 3.47. The molecule has 1 aliphatic heterocycles. The van der Waals surface area contributed by atoms with Crippen LogP contribution in [0.15, 0.2) is 0 Å². The lowest BCUT2D eigenvalue weighted by atomic mass is 9.99. The zero-order chi connectivity index (χ0) is 13.8. The molecule has 0 bridgehead atoms. The summed E-state index contributed by atoms with van der Waals surface area (Å²) in [5.74, 6) is 0.169. The summed E-state index contributed by atoms with van der Waals surface area (Å²) in [5, 5.41) is 6.07. The quantitative estimate of drug-likeness (QED) is 0.533. The largest absolute Gasteiger partial charge is 0.325 e. The van der Waals surface area contributed by atoms with Crippen LogP contribution in [0.3, 0.4) is 0 Å². The van der Waals surface area contributed by atoms with Crippen molar-refractivity contribution in [3.8, 4) is 0 Å². The van der Waals surface area contributed by atoms with Crippen LogP contribution in [0.1, 0.15) is 40.5 Å². The van der Waals surface area contributed by atoms with E-state index in [0.717, 1.165) is 19.5 Å². The van der Waals surface area contributed by atoms with Crippen molar-refractivity contribution in [3.05, 3.63) is 0 Å². The molecule has 1 fully saturated rings. The Balaban J connectivity index is 2.52. The highest BCUT2D eigenvalue weighted by molar-refractivity contribution is 6.06. The first-order valence-corrected chi connectivity index (χ1v) is 6.79. The van der Waals surface area contributed by atoms with Crippen molar-refractivity contribution < 1.29 is 9.59 Å². The van der Waals surface area contributed by atoms with Gasteiger partial charge in [-0.15, -0.1) is 0 Å². The molecule has 1 rings (SSSR count). The number of amides is 3. The fraction of sp³-hybridized carbons (Fsp3) is 0.846. The number of nitrogens with zero attached hydrogens (tertiary/aromatic N) is 1. The van der Waals surface area contributed by atoms with E-state index in [0.29, 0.717) is 13.0 Å². The molecule has 5 heteroatoms. The molecule has 2 N–H and O–H groups in total. The van der Waals surface area contributed by atoms with Crippen LogP contribution < -0.4 is 10.6 Å². The fourth-order valence-corrected chi connectivity index (χ4v) is 2.05. The fourth-order valence-electron chi connectivity index (χ4n) is 2.05. The molecule has 0 aromatic heterocycles. The van der Waals surface area contributed by atoms with Crippen LogP contribution in [0.4, 0.5) is 4.79 Å². The minimum atomic E-state index is -0.715. The van der Waals surface area contributed by atoms with Gasteiger partial charge in [0.2, 0.25) is 0 Å². The topological polar surface area (TPSA) is 61.4 Å². The third-order valence-corrected chi connectivity index (χ3v) is 3.47. The standard InChI is InChI=1S/C13H25N3O2/c1-5-7-14-8-10(3)9-16-11(17)13(4,6-2)15-12(16)18/h10,14H,5-9H2,1-4H3,(H,15,18). The number of carbonyl (C=O) groups excluding carboxylic acids is 2. The average molecular weight is 255 g/mol. The van der Waals surface area contributed by atoms with E-state index < -0.39 is 5.54 Å². The van der Waals surface area contributed by atoms with E-state index in [1.54, 1.807) is 6.92 Å². The molecular weight excluding hydrogens is 230 g/mol. The lowest BCUT2D eigenvalue weighted by molar-refractivity contribution is -0.131. The molecule has 0 saturated carbocycles. The molecule has 18 heavy (non-hydrogen) atoms. The van der Waals surface area contributed by atoms with Gasteiger partial charge in [-0.25, -0.2) is 4.79 Å². The molecule has 1 heterocycles. The van der Waals surface area contributed by atoms with E-state index in [-0.39, 0.29) is 17.9 Å². The molecule has 5 nitrogen and oxygen atoms in total. The second-order valence-electron chi connectivity index (χ2n) is 5.34. The van der Waals surface area contributed by atoms with E-state index in [1.807, 2.05) is 13.8 Å². The number of carbonyl (C=O) groups is 2. The van der Waals surface area contributed by atoms with Crippen LogP contribution in [0.5, 0.6) is 0 Å². The maximum Gasteiger partial charge on any atom is 0.325 e. The number of hydrogen-bond donors (Lipinski definition) is 2. The van der Waals surface area contributed by atoms with Gasteiger partial charge >= 0.3 is 6.03 Å². The van der Waals surface area contributed by atoms with Crippen molar-refractivity contribution in [2.45, 2.75) is 46.1 Å². The van der Waals surface area contributed by atoms with E-state index in [2.05, 4.69) is 17.6 Å². The molecule has 2 unspecified atom stereocenters. The molecular formula is C13H25N3O2. The average Bonchev–Trinajstić information content (AvgIpc) is 2.54. The highest BCUT2D eigenvalue weighted by Gasteiger charge is 2.46. The Morgan fingerprint density at radius 3 is 2.56 bits per heavy atom. The van der Waals surface area contributed by atoms with Crippen molar-refractivity contribution in [2.75, 3.05) is 19.6 Å². The second-order valence-corrected chi connectivity index (χ2v) is 5.34. The van der Waals surface area contributed by atoms with Gasteiger partial charge < -0.3 is 10.6 Å². The Morgan fingerprint density at radius 1 is 1.39 bits per heavy atom. The van der Waals surface area contributed by atoms with Gasteiger partial charge in [-0.1, -0.05) is 20.8 Å². The Hall–Kier alpha value is -1.10. The molecule has 1 saturated heterocycles. The molecule has 104 valence electrons. The summed E-state index contributed by atoms with van der Waals surface area (Å²) in [6, 6.07) is -0.258. The first kappa shape index (κ1) is 15.0. The summed E-state index contributed by atoms with van der Waals surface area (Å²) < 4.78 is 0. The van der Waals surface area contributed by atoms with Crippen LogP contribution in [0, 0.1) is 5.92 Å². The molecule has 0 spiro atoms. The number of hydrogen-bond acceptors (Lipinski definition) is 3. The minimum Gasteiger partial charge on any atom is -0.323 e. The van der Waals surface area contributed by atoms with Gasteiger partial charge in [-0.2, -0.15) is 0 Å². The van der Waals surface area contributed by atoms with Crippen molar-refractivity contribution in [2.24, 2.45) is 5.92 Å². The first-order valence-electron chi connectivity index (χ1n) is 6.79. The summed E-state index contributed by atoms with van der Waals surface area (Å²) in [7, 11) is 0. The van der Waals surface area contributed by atoms with E-state index in [9.17, 15) is 9.59 Å². The van der Waals surface area contributed by atoms with Gasteiger partial charge in [0.1, 0.15) is 5.54 Å². The molecule has 1 aliphatic rings. The van der Waals surface area contributed by atoms with Crippen LogP contribution >= 0.6 is 0 Å². The van der Waals surface area contributed by atoms with Crippen molar-refractivity contribution in [1.29, 1.82) is 0 Å². The summed E-state index contributed by atoms with van der Waals surface area (Å²) in [6.07, 6.45) is 1.71. The number of urea groups is 1. The predicted octanol–water partition coefficient (Wildman–Crippen LogP) is 1.34. The van der Waals surface area contributed by atoms with Crippen molar-refractivity contribution in [1.82, 2.24) is 15.5 Å². The Morgan fingerprint density at radius 2 is 2.06 bits per heavy atom. The minimum absolute atomic E-state index is 0.0997. The van der Waals surface area contributed by atoms with Crippen LogP contribution in [0.2, 0.25) is 0 Å². The molecule has 0 aliphatic carbocycles. The Kier molecular flexibility index (Phi) is 5.14. The van der Waals surface area contributed by atoms with E-state index in [4.69, 9.17) is 0 Å². The Bertz CT molecular complexity index is 319. The van der Waals surface area contributed by atoms with Crippen LogP contribution in [-0.4, -0.2) is 42.0 Å². The molecule has 3 amide bonds. The van der Waals surface area contributed by atoms with E-state index >= 15 is 0 Å². The lowest BCUT2D eigenvalue weighted by Gasteiger charge is -2.21. The zero-order valence-corrected chi connectivity index (χ0v) is 11.9. The van der Waals surface area contributed by atoms with Gasteiger partial charge in [-0.3, -0.25) is 9.69 Å². The highest BCUT2D eigenvalue weighted by atomic mass is 16.2. The van der Waals surface area contributed by atoms with Gasteiger partial charge in [0.25, 0.3) is 5.91 Å². The maximum absolute atomic E-state index is 12.2. The maximum atomic E-state index is 12.2. The predicted molar refractivity (Wildman–Crippen MR) is 71.3 cm³/mol. The smallest absolute Gasteiger partial charge is 0.323 e. The normalized spacial score (nSPS) is 25.4. The summed E-state index contributed by atoms with van der Waals surface area (Å²) >= 11 is 0. The van der Waals surface area contributed by atoms with Gasteiger partial charge in [0, 0.05) is 6.54 Å². The SMILES string of the molecule is CCCNCC(C)CN1C(=O)NC(C)(CC)C1=O. The lowest BCUT2D eigenvalue weighted by Crippen LogP contribution is -2.43. The first-order chi connectivity index (χ1) is 8.44. The van der Waals surface area contributed by atoms with Gasteiger partial charge in [-0.05, 0) is 38.8 Å². The summed E-state index contributed by atoms with van der Waals surface area (Å²) in [4.78, 5) is 25.3. The number of rotatable bonds is 7. The monoisotopic (exact) mass is 255 g/mol. The highest BCUT2D eigenvalue weighted by Crippen LogP contribution is 2.21. The van der Waals surface area contributed by atoms with E-state index in [1.165, 1.54) is 4.90 Å². The van der Waals surface area contributed by atoms with Crippen LogP contribution in [-0.2, 0) is 4.79 Å². The number of imide groups is 1.